The monoisotopic (exact) mass is 270 g/mol. The molecule has 0 N–H and O–H groups in total. The van der Waals surface area contributed by atoms with Crippen LogP contribution in [0.1, 0.15) is 6.42 Å². The van der Waals surface area contributed by atoms with Gasteiger partial charge in [0.15, 0.2) is 0 Å². The molecule has 0 saturated heterocycles. The molecule has 78 valence electrons. The Morgan fingerprint density at radius 3 is 2.71 bits per heavy atom. The number of ether oxygens (including phenoxy) is 1. The highest BCUT2D eigenvalue weighted by Crippen LogP contribution is 2.22. The van der Waals surface area contributed by atoms with Crippen LogP contribution in [0.4, 0.5) is 13.2 Å². The van der Waals surface area contributed by atoms with E-state index >= 15 is 0 Å². The van der Waals surface area contributed by atoms with Crippen LogP contribution in [-0.2, 0) is 0 Å². The van der Waals surface area contributed by atoms with E-state index in [4.69, 9.17) is 4.74 Å². The molecule has 0 unspecified atom stereocenters. The third-order valence-corrected chi connectivity index (χ3v) is 1.80. The molecule has 0 aromatic carbocycles. The maximum Gasteiger partial charge on any atom is 0.392 e. The van der Waals surface area contributed by atoms with Crippen molar-refractivity contribution in [3.8, 4) is 5.88 Å². The van der Waals surface area contributed by atoms with Gasteiger partial charge in [0.05, 0.1) is 17.5 Å². The number of halogens is 4. The summed E-state index contributed by atoms with van der Waals surface area (Å²) in [6.45, 7) is -0.445. The van der Waals surface area contributed by atoms with Crippen LogP contribution in [0.15, 0.2) is 17.0 Å². The van der Waals surface area contributed by atoms with Gasteiger partial charge in [-0.2, -0.15) is 13.2 Å². The van der Waals surface area contributed by atoms with Gasteiger partial charge < -0.3 is 4.74 Å². The number of hydrogen-bond acceptors (Lipinski definition) is 3. The highest BCUT2D eigenvalue weighted by molar-refractivity contribution is 9.10. The van der Waals surface area contributed by atoms with E-state index in [0.717, 1.165) is 0 Å². The van der Waals surface area contributed by atoms with Gasteiger partial charge in [0.25, 0.3) is 0 Å². The SMILES string of the molecule is FC(F)(F)CCOc1ncncc1Br. The predicted molar refractivity (Wildman–Crippen MR) is 45.9 cm³/mol. The molecule has 0 spiro atoms. The second-order valence-corrected chi connectivity index (χ2v) is 3.24. The average Bonchev–Trinajstić information content (AvgIpc) is 2.06. The van der Waals surface area contributed by atoms with E-state index < -0.39 is 19.2 Å². The molecule has 14 heavy (non-hydrogen) atoms. The van der Waals surface area contributed by atoms with Crippen molar-refractivity contribution in [3.05, 3.63) is 17.0 Å². The lowest BCUT2D eigenvalue weighted by molar-refractivity contribution is -0.139. The second kappa shape index (κ2) is 4.59. The first kappa shape index (κ1) is 11.2. The average molecular weight is 271 g/mol. The first-order valence-electron chi connectivity index (χ1n) is 3.64. The van der Waals surface area contributed by atoms with Crippen LogP contribution >= 0.6 is 15.9 Å². The molecule has 0 aliphatic rings. The highest BCUT2D eigenvalue weighted by Gasteiger charge is 2.27. The molecule has 0 aliphatic heterocycles. The van der Waals surface area contributed by atoms with Gasteiger partial charge in [-0.15, -0.1) is 0 Å². The molecular formula is C7H6BrF3N2O. The summed E-state index contributed by atoms with van der Waals surface area (Å²) in [7, 11) is 0. The molecule has 0 amide bonds. The summed E-state index contributed by atoms with van der Waals surface area (Å²) in [5.41, 5.74) is 0. The van der Waals surface area contributed by atoms with Crippen molar-refractivity contribution in [2.45, 2.75) is 12.6 Å². The van der Waals surface area contributed by atoms with Gasteiger partial charge in [0, 0.05) is 6.20 Å². The van der Waals surface area contributed by atoms with Crippen molar-refractivity contribution < 1.29 is 17.9 Å². The van der Waals surface area contributed by atoms with Gasteiger partial charge >= 0.3 is 6.18 Å². The summed E-state index contributed by atoms with van der Waals surface area (Å²) in [5.74, 6) is 0.115. The highest BCUT2D eigenvalue weighted by atomic mass is 79.9. The van der Waals surface area contributed by atoms with E-state index in [1.165, 1.54) is 12.5 Å². The quantitative estimate of drug-likeness (QED) is 0.847. The minimum atomic E-state index is -4.21. The minimum absolute atomic E-state index is 0.115. The third kappa shape index (κ3) is 3.91. The molecule has 0 radical (unpaired) electrons. The molecule has 7 heteroatoms. The topological polar surface area (TPSA) is 35.0 Å². The van der Waals surface area contributed by atoms with E-state index in [9.17, 15) is 13.2 Å². The van der Waals surface area contributed by atoms with Gasteiger partial charge in [0.2, 0.25) is 5.88 Å². The Balaban J connectivity index is 2.43. The van der Waals surface area contributed by atoms with Gasteiger partial charge in [-0.3, -0.25) is 0 Å². The molecule has 0 fully saturated rings. The predicted octanol–water partition coefficient (Wildman–Crippen LogP) is 2.57. The largest absolute Gasteiger partial charge is 0.476 e. The minimum Gasteiger partial charge on any atom is -0.476 e. The Bertz CT molecular complexity index is 305. The van der Waals surface area contributed by atoms with Crippen LogP contribution in [0.2, 0.25) is 0 Å². The lowest BCUT2D eigenvalue weighted by atomic mass is 10.4. The Morgan fingerprint density at radius 1 is 1.43 bits per heavy atom. The molecule has 0 bridgehead atoms. The number of nitrogens with zero attached hydrogens (tertiary/aromatic N) is 2. The standard InChI is InChI=1S/C7H6BrF3N2O/c8-5-3-12-4-13-6(5)14-2-1-7(9,10)11/h3-4H,1-2H2. The summed E-state index contributed by atoms with van der Waals surface area (Å²) in [5, 5.41) is 0. The molecule has 1 rings (SSSR count). The van der Waals surface area contributed by atoms with Crippen LogP contribution in [0.5, 0.6) is 5.88 Å². The number of alkyl halides is 3. The molecule has 1 heterocycles. The van der Waals surface area contributed by atoms with Crippen LogP contribution < -0.4 is 4.74 Å². The number of hydrogen-bond donors (Lipinski definition) is 0. The fourth-order valence-electron chi connectivity index (χ4n) is 0.671. The van der Waals surface area contributed by atoms with E-state index in [1.807, 2.05) is 0 Å². The summed E-state index contributed by atoms with van der Waals surface area (Å²) in [6.07, 6.45) is -2.60. The van der Waals surface area contributed by atoms with Crippen LogP contribution in [-0.4, -0.2) is 22.8 Å². The Morgan fingerprint density at radius 2 is 2.14 bits per heavy atom. The van der Waals surface area contributed by atoms with Crippen molar-refractivity contribution in [2.75, 3.05) is 6.61 Å². The fourth-order valence-corrected chi connectivity index (χ4v) is 1.01. The maximum absolute atomic E-state index is 11.7. The molecular weight excluding hydrogens is 265 g/mol. The van der Waals surface area contributed by atoms with Gasteiger partial charge in [-0.1, -0.05) is 0 Å². The zero-order chi connectivity index (χ0) is 10.6. The van der Waals surface area contributed by atoms with Crippen molar-refractivity contribution in [1.82, 2.24) is 9.97 Å². The third-order valence-electron chi connectivity index (χ3n) is 1.26. The fraction of sp³-hybridized carbons (Fsp3) is 0.429. The van der Waals surface area contributed by atoms with Crippen molar-refractivity contribution in [1.29, 1.82) is 0 Å². The van der Waals surface area contributed by atoms with Gasteiger partial charge in [0.1, 0.15) is 6.33 Å². The molecule has 1 aromatic heterocycles. The normalized spacial score (nSPS) is 11.4. The van der Waals surface area contributed by atoms with E-state index in [-0.39, 0.29) is 5.88 Å². The number of aromatic nitrogens is 2. The van der Waals surface area contributed by atoms with E-state index in [2.05, 4.69) is 25.9 Å². The number of rotatable bonds is 3. The lowest BCUT2D eigenvalue weighted by Crippen LogP contribution is -2.13. The van der Waals surface area contributed by atoms with Crippen LogP contribution in [0, 0.1) is 0 Å². The van der Waals surface area contributed by atoms with Crippen molar-refractivity contribution in [3.63, 3.8) is 0 Å². The first-order valence-corrected chi connectivity index (χ1v) is 4.43. The van der Waals surface area contributed by atoms with Crippen LogP contribution in [0.3, 0.4) is 0 Å². The molecule has 1 aromatic rings. The zero-order valence-corrected chi connectivity index (χ0v) is 8.47. The molecule has 0 saturated carbocycles. The van der Waals surface area contributed by atoms with Gasteiger partial charge in [-0.25, -0.2) is 9.97 Å². The summed E-state index contributed by atoms with van der Waals surface area (Å²) in [4.78, 5) is 7.29. The Hall–Kier alpha value is -0.850. The smallest absolute Gasteiger partial charge is 0.392 e. The van der Waals surface area contributed by atoms with Crippen molar-refractivity contribution >= 4 is 15.9 Å². The molecule has 0 aliphatic carbocycles. The van der Waals surface area contributed by atoms with Crippen molar-refractivity contribution in [2.24, 2.45) is 0 Å². The molecule has 3 nitrogen and oxygen atoms in total. The van der Waals surface area contributed by atoms with E-state index in [0.29, 0.717) is 4.47 Å². The Labute approximate surface area is 86.4 Å². The van der Waals surface area contributed by atoms with Gasteiger partial charge in [-0.05, 0) is 15.9 Å². The Kier molecular flexibility index (Phi) is 3.68. The summed E-state index contributed by atoms with van der Waals surface area (Å²) in [6, 6.07) is 0. The lowest BCUT2D eigenvalue weighted by Gasteiger charge is -2.08. The first-order chi connectivity index (χ1) is 6.49. The maximum atomic E-state index is 11.7. The summed E-state index contributed by atoms with van der Waals surface area (Å²) < 4.78 is 40.4. The zero-order valence-electron chi connectivity index (χ0n) is 6.88. The second-order valence-electron chi connectivity index (χ2n) is 2.39. The van der Waals surface area contributed by atoms with Crippen LogP contribution in [0.25, 0.3) is 0 Å². The summed E-state index contributed by atoms with van der Waals surface area (Å²) >= 11 is 3.05. The van der Waals surface area contributed by atoms with E-state index in [1.54, 1.807) is 0 Å². The molecule has 0 atom stereocenters.